The summed E-state index contributed by atoms with van der Waals surface area (Å²) in [4.78, 5) is 7.40. The third kappa shape index (κ3) is 4.55. The van der Waals surface area contributed by atoms with Crippen LogP contribution in [0, 0.1) is 6.92 Å². The van der Waals surface area contributed by atoms with Gasteiger partial charge in [-0.05, 0) is 20.8 Å². The van der Waals surface area contributed by atoms with Crippen LogP contribution in [0.25, 0.3) is 0 Å². The van der Waals surface area contributed by atoms with E-state index in [9.17, 15) is 0 Å². The highest BCUT2D eigenvalue weighted by molar-refractivity contribution is 7.80. The maximum Gasteiger partial charge on any atom is 0.107 e. The summed E-state index contributed by atoms with van der Waals surface area (Å²) in [6.07, 6.45) is 0.776. The zero-order valence-electron chi connectivity index (χ0n) is 10.1. The summed E-state index contributed by atoms with van der Waals surface area (Å²) in [5.41, 5.74) is 6.63. The first-order valence-electron chi connectivity index (χ1n) is 5.42. The number of thiazole rings is 1. The van der Waals surface area contributed by atoms with E-state index in [0.29, 0.717) is 11.0 Å². The van der Waals surface area contributed by atoms with Gasteiger partial charge < -0.3 is 5.73 Å². The van der Waals surface area contributed by atoms with Gasteiger partial charge in [-0.1, -0.05) is 12.2 Å². The highest BCUT2D eigenvalue weighted by Gasteiger charge is 2.12. The topological polar surface area (TPSA) is 42.1 Å². The molecule has 0 bridgehead atoms. The van der Waals surface area contributed by atoms with Crippen LogP contribution in [0.2, 0.25) is 0 Å². The van der Waals surface area contributed by atoms with E-state index in [-0.39, 0.29) is 0 Å². The van der Waals surface area contributed by atoms with Crippen molar-refractivity contribution in [2.24, 2.45) is 5.73 Å². The van der Waals surface area contributed by atoms with E-state index in [1.807, 2.05) is 6.92 Å². The summed E-state index contributed by atoms with van der Waals surface area (Å²) >= 11 is 6.62. The Hall–Kier alpha value is -0.520. The Kier molecular flexibility index (Phi) is 5.31. The molecule has 0 radical (unpaired) electrons. The predicted octanol–water partition coefficient (Wildman–Crippen LogP) is 2.34. The van der Waals surface area contributed by atoms with E-state index in [2.05, 4.69) is 29.1 Å². The highest BCUT2D eigenvalue weighted by Crippen LogP contribution is 2.13. The Labute approximate surface area is 107 Å². The van der Waals surface area contributed by atoms with Crippen LogP contribution >= 0.6 is 23.6 Å². The second kappa shape index (κ2) is 6.27. The molecule has 90 valence electrons. The van der Waals surface area contributed by atoms with Crippen LogP contribution in [-0.2, 0) is 6.54 Å². The number of hydrogen-bond acceptors (Lipinski definition) is 4. The molecule has 5 heteroatoms. The van der Waals surface area contributed by atoms with E-state index >= 15 is 0 Å². The molecule has 16 heavy (non-hydrogen) atoms. The van der Waals surface area contributed by atoms with Crippen LogP contribution < -0.4 is 5.73 Å². The maximum absolute atomic E-state index is 5.53. The molecule has 0 aliphatic carbocycles. The molecule has 1 aromatic heterocycles. The Balaban J connectivity index is 2.54. The molecule has 0 aliphatic heterocycles. The van der Waals surface area contributed by atoms with Crippen molar-refractivity contribution in [3.05, 3.63) is 16.1 Å². The van der Waals surface area contributed by atoms with Gasteiger partial charge >= 0.3 is 0 Å². The molecule has 0 fully saturated rings. The summed E-state index contributed by atoms with van der Waals surface area (Å²) in [5, 5.41) is 3.25. The molecule has 1 heterocycles. The lowest BCUT2D eigenvalue weighted by Gasteiger charge is -2.25. The molecule has 2 N–H and O–H groups in total. The smallest absolute Gasteiger partial charge is 0.107 e. The van der Waals surface area contributed by atoms with Gasteiger partial charge in [0, 0.05) is 30.1 Å². The fraction of sp³-hybridized carbons (Fsp3) is 0.636. The monoisotopic (exact) mass is 257 g/mol. The Morgan fingerprint density at radius 2 is 2.31 bits per heavy atom. The molecule has 0 spiro atoms. The minimum absolute atomic E-state index is 0.485. The summed E-state index contributed by atoms with van der Waals surface area (Å²) in [6.45, 7) is 8.18. The van der Waals surface area contributed by atoms with Crippen molar-refractivity contribution >= 4 is 28.5 Å². The lowest BCUT2D eigenvalue weighted by Crippen LogP contribution is -2.33. The number of nitrogens with two attached hydrogens (primary N) is 1. The van der Waals surface area contributed by atoms with E-state index < -0.39 is 0 Å². The van der Waals surface area contributed by atoms with Crippen LogP contribution in [0.5, 0.6) is 0 Å². The van der Waals surface area contributed by atoms with Gasteiger partial charge in [0.2, 0.25) is 0 Å². The van der Waals surface area contributed by atoms with Crippen molar-refractivity contribution in [2.45, 2.75) is 39.8 Å². The SMILES string of the molecule is Cc1csc(CN(CCC(N)=S)C(C)C)n1. The van der Waals surface area contributed by atoms with Gasteiger partial charge in [-0.3, -0.25) is 4.90 Å². The van der Waals surface area contributed by atoms with Gasteiger partial charge in [-0.2, -0.15) is 0 Å². The molecule has 0 atom stereocenters. The number of aromatic nitrogens is 1. The minimum Gasteiger partial charge on any atom is -0.393 e. The second-order valence-electron chi connectivity index (χ2n) is 4.16. The molecule has 0 aliphatic rings. The number of nitrogens with zero attached hydrogens (tertiary/aromatic N) is 2. The van der Waals surface area contributed by atoms with Crippen molar-refractivity contribution in [2.75, 3.05) is 6.54 Å². The first-order valence-corrected chi connectivity index (χ1v) is 6.71. The average molecular weight is 257 g/mol. The van der Waals surface area contributed by atoms with Crippen LogP contribution in [0.1, 0.15) is 31.0 Å². The minimum atomic E-state index is 0.485. The molecule has 1 aromatic rings. The maximum atomic E-state index is 5.53. The largest absolute Gasteiger partial charge is 0.393 e. The van der Waals surface area contributed by atoms with Crippen molar-refractivity contribution in [1.82, 2.24) is 9.88 Å². The van der Waals surface area contributed by atoms with Gasteiger partial charge in [-0.15, -0.1) is 11.3 Å². The van der Waals surface area contributed by atoms with Gasteiger partial charge in [0.1, 0.15) is 5.01 Å². The molecule has 1 rings (SSSR count). The molecule has 0 amide bonds. The first kappa shape index (κ1) is 13.5. The molecule has 3 nitrogen and oxygen atoms in total. The number of rotatable bonds is 6. The lowest BCUT2D eigenvalue weighted by molar-refractivity contribution is 0.219. The van der Waals surface area contributed by atoms with Gasteiger partial charge in [-0.25, -0.2) is 4.98 Å². The van der Waals surface area contributed by atoms with Crippen molar-refractivity contribution in [3.8, 4) is 0 Å². The van der Waals surface area contributed by atoms with Crippen LogP contribution in [-0.4, -0.2) is 27.5 Å². The van der Waals surface area contributed by atoms with Gasteiger partial charge in [0.15, 0.2) is 0 Å². The number of aryl methyl sites for hydroxylation is 1. The van der Waals surface area contributed by atoms with E-state index in [1.165, 1.54) is 0 Å². The van der Waals surface area contributed by atoms with E-state index in [0.717, 1.165) is 30.2 Å². The molecular formula is C11H19N3S2. The second-order valence-corrected chi connectivity index (χ2v) is 5.63. The first-order chi connectivity index (χ1) is 7.49. The summed E-state index contributed by atoms with van der Waals surface area (Å²) < 4.78 is 0. The molecule has 0 saturated heterocycles. The summed E-state index contributed by atoms with van der Waals surface area (Å²) in [5.74, 6) is 0. The third-order valence-corrected chi connectivity index (χ3v) is 3.54. The highest BCUT2D eigenvalue weighted by atomic mass is 32.1. The Morgan fingerprint density at radius 1 is 1.62 bits per heavy atom. The van der Waals surface area contributed by atoms with Crippen LogP contribution in [0.4, 0.5) is 0 Å². The number of thiocarbonyl (C=S) groups is 1. The van der Waals surface area contributed by atoms with E-state index in [1.54, 1.807) is 11.3 Å². The molecular weight excluding hydrogens is 238 g/mol. The fourth-order valence-corrected chi connectivity index (χ4v) is 2.31. The standard InChI is InChI=1S/C11H19N3S2/c1-8(2)14(5-4-10(12)15)6-11-13-9(3)7-16-11/h7-8H,4-6H2,1-3H3,(H2,12,15). The zero-order chi connectivity index (χ0) is 12.1. The molecule has 0 saturated carbocycles. The third-order valence-electron chi connectivity index (χ3n) is 2.38. The zero-order valence-corrected chi connectivity index (χ0v) is 11.7. The van der Waals surface area contributed by atoms with Gasteiger partial charge in [0.25, 0.3) is 0 Å². The quantitative estimate of drug-likeness (QED) is 0.794. The van der Waals surface area contributed by atoms with Crippen molar-refractivity contribution < 1.29 is 0 Å². The van der Waals surface area contributed by atoms with Gasteiger partial charge in [0.05, 0.1) is 11.5 Å². The number of hydrogen-bond donors (Lipinski definition) is 1. The summed E-state index contributed by atoms with van der Waals surface area (Å²) in [7, 11) is 0. The Morgan fingerprint density at radius 3 is 2.75 bits per heavy atom. The average Bonchev–Trinajstić information content (AvgIpc) is 2.57. The summed E-state index contributed by atoms with van der Waals surface area (Å²) in [6, 6.07) is 0.485. The van der Waals surface area contributed by atoms with Crippen molar-refractivity contribution in [1.29, 1.82) is 0 Å². The predicted molar refractivity (Wildman–Crippen MR) is 73.8 cm³/mol. The van der Waals surface area contributed by atoms with E-state index in [4.69, 9.17) is 18.0 Å². The normalized spacial score (nSPS) is 11.3. The van der Waals surface area contributed by atoms with Crippen LogP contribution in [0.3, 0.4) is 0 Å². The fourth-order valence-electron chi connectivity index (χ4n) is 1.42. The Bertz CT molecular complexity index is 347. The van der Waals surface area contributed by atoms with Crippen LogP contribution in [0.15, 0.2) is 5.38 Å². The molecule has 0 unspecified atom stereocenters. The lowest BCUT2D eigenvalue weighted by atomic mass is 10.3. The molecule has 0 aromatic carbocycles. The van der Waals surface area contributed by atoms with Crippen molar-refractivity contribution in [3.63, 3.8) is 0 Å².